The van der Waals surface area contributed by atoms with E-state index < -0.39 is 0 Å². The van der Waals surface area contributed by atoms with Crippen molar-refractivity contribution in [1.29, 1.82) is 0 Å². The van der Waals surface area contributed by atoms with Gasteiger partial charge in [-0.05, 0) is 33.4 Å². The van der Waals surface area contributed by atoms with Crippen LogP contribution in [0.25, 0.3) is 10.2 Å². The number of aromatic nitrogens is 2. The molecule has 0 atom stereocenters. The number of fused-ring (bicyclic) bond motifs is 1. The van der Waals surface area contributed by atoms with E-state index in [1.165, 1.54) is 11.3 Å². The number of amides is 1. The van der Waals surface area contributed by atoms with E-state index in [0.717, 1.165) is 14.7 Å². The van der Waals surface area contributed by atoms with Gasteiger partial charge in [0.05, 0.1) is 18.4 Å². The quantitative estimate of drug-likeness (QED) is 0.744. The lowest BCUT2D eigenvalue weighted by Gasteiger charge is -2.03. The highest BCUT2D eigenvalue weighted by Gasteiger charge is 2.17. The summed E-state index contributed by atoms with van der Waals surface area (Å²) in [6.45, 7) is 0.469. The number of nitrogens with zero attached hydrogens (tertiary/aromatic N) is 2. The van der Waals surface area contributed by atoms with Crippen LogP contribution >= 0.6 is 38.6 Å². The largest absolute Gasteiger partial charge is 0.397 e. The molecule has 1 amide bonds. The van der Waals surface area contributed by atoms with Crippen molar-refractivity contribution in [2.24, 2.45) is 0 Å². The Balaban J connectivity index is 1.82. The molecular formula is C12H9BrN4OS2. The number of hydrogen-bond donors (Lipinski definition) is 2. The predicted octanol–water partition coefficient (Wildman–Crippen LogP) is 3.03. The van der Waals surface area contributed by atoms with Gasteiger partial charge in [0.2, 0.25) is 0 Å². The summed E-state index contributed by atoms with van der Waals surface area (Å²) >= 11 is 6.27. The van der Waals surface area contributed by atoms with Crippen molar-refractivity contribution in [3.8, 4) is 0 Å². The average Bonchev–Trinajstić information content (AvgIpc) is 3.01. The van der Waals surface area contributed by atoms with Gasteiger partial charge in [-0.3, -0.25) is 4.79 Å². The first-order valence-corrected chi connectivity index (χ1v) is 8.15. The van der Waals surface area contributed by atoms with Gasteiger partial charge in [0, 0.05) is 14.7 Å². The van der Waals surface area contributed by atoms with Crippen molar-refractivity contribution in [3.05, 3.63) is 37.9 Å². The number of halogens is 1. The Hall–Kier alpha value is -1.51. The molecule has 0 bridgehead atoms. The van der Waals surface area contributed by atoms with E-state index in [9.17, 15) is 4.79 Å². The third-order valence-electron chi connectivity index (χ3n) is 2.73. The highest BCUT2D eigenvalue weighted by atomic mass is 79.9. The average molecular weight is 369 g/mol. The standard InChI is InChI=1S/C12H9BrN4OS2/c13-7-2-4-19-8(7)5-15-11(18)10-9(14)6-1-3-16-17-12(6)20-10/h1-4H,5,14H2,(H,15,18). The molecule has 5 nitrogen and oxygen atoms in total. The summed E-state index contributed by atoms with van der Waals surface area (Å²) in [4.78, 5) is 14.4. The number of hydrogen-bond acceptors (Lipinski definition) is 6. The van der Waals surface area contributed by atoms with Gasteiger partial charge < -0.3 is 11.1 Å². The third-order valence-corrected chi connectivity index (χ3v) is 5.76. The second-order valence-electron chi connectivity index (χ2n) is 3.97. The third kappa shape index (κ3) is 2.41. The van der Waals surface area contributed by atoms with Crippen molar-refractivity contribution >= 4 is 60.4 Å². The molecule has 3 aromatic heterocycles. The minimum Gasteiger partial charge on any atom is -0.397 e. The zero-order chi connectivity index (χ0) is 14.1. The molecule has 0 aromatic carbocycles. The lowest BCUT2D eigenvalue weighted by atomic mass is 10.3. The van der Waals surface area contributed by atoms with E-state index in [4.69, 9.17) is 5.73 Å². The van der Waals surface area contributed by atoms with Crippen LogP contribution in [0.5, 0.6) is 0 Å². The minimum absolute atomic E-state index is 0.189. The Morgan fingerprint density at radius 2 is 2.30 bits per heavy atom. The van der Waals surface area contributed by atoms with Gasteiger partial charge in [-0.2, -0.15) is 5.10 Å². The molecule has 0 radical (unpaired) electrons. The molecule has 8 heteroatoms. The van der Waals surface area contributed by atoms with Crippen molar-refractivity contribution in [2.75, 3.05) is 5.73 Å². The highest BCUT2D eigenvalue weighted by Crippen LogP contribution is 2.31. The van der Waals surface area contributed by atoms with Crippen LogP contribution < -0.4 is 11.1 Å². The minimum atomic E-state index is -0.189. The maximum Gasteiger partial charge on any atom is 0.263 e. The summed E-state index contributed by atoms with van der Waals surface area (Å²) in [6.07, 6.45) is 1.57. The van der Waals surface area contributed by atoms with Gasteiger partial charge in [-0.1, -0.05) is 0 Å². The summed E-state index contributed by atoms with van der Waals surface area (Å²) in [5, 5.41) is 13.4. The first-order chi connectivity index (χ1) is 9.66. The van der Waals surface area contributed by atoms with Crippen LogP contribution in [0.1, 0.15) is 14.5 Å². The predicted molar refractivity (Wildman–Crippen MR) is 85.0 cm³/mol. The molecule has 102 valence electrons. The summed E-state index contributed by atoms with van der Waals surface area (Å²) in [7, 11) is 0. The topological polar surface area (TPSA) is 80.9 Å². The molecule has 0 unspecified atom stereocenters. The van der Waals surface area contributed by atoms with Gasteiger partial charge in [0.15, 0.2) is 0 Å². The van der Waals surface area contributed by atoms with Crippen molar-refractivity contribution in [2.45, 2.75) is 6.54 Å². The number of thiophene rings is 2. The lowest BCUT2D eigenvalue weighted by Crippen LogP contribution is -2.22. The van der Waals surface area contributed by atoms with Crippen molar-refractivity contribution < 1.29 is 4.79 Å². The van der Waals surface area contributed by atoms with E-state index in [1.807, 2.05) is 11.4 Å². The number of carbonyl (C=O) groups is 1. The molecule has 0 saturated carbocycles. The molecule has 3 aromatic rings. The van der Waals surface area contributed by atoms with E-state index in [1.54, 1.807) is 23.6 Å². The maximum atomic E-state index is 12.2. The number of nitrogen functional groups attached to an aromatic ring is 1. The number of nitrogens with one attached hydrogen (secondary N) is 1. The number of nitrogens with two attached hydrogens (primary N) is 1. The van der Waals surface area contributed by atoms with Crippen molar-refractivity contribution in [3.63, 3.8) is 0 Å². The van der Waals surface area contributed by atoms with Crippen LogP contribution in [0.4, 0.5) is 5.69 Å². The molecule has 0 saturated heterocycles. The summed E-state index contributed by atoms with van der Waals surface area (Å²) < 4.78 is 0.998. The Bertz CT molecular complexity index is 783. The fourth-order valence-corrected chi connectivity index (χ4v) is 4.12. The molecule has 3 rings (SSSR count). The SMILES string of the molecule is Nc1c(C(=O)NCc2sccc2Br)sc2nnccc12. The Labute approximate surface area is 131 Å². The van der Waals surface area contributed by atoms with E-state index in [0.29, 0.717) is 21.9 Å². The smallest absolute Gasteiger partial charge is 0.263 e. The second-order valence-corrected chi connectivity index (χ2v) is 6.82. The summed E-state index contributed by atoms with van der Waals surface area (Å²) in [5.41, 5.74) is 6.45. The lowest BCUT2D eigenvalue weighted by molar-refractivity contribution is 0.0956. The Kier molecular flexibility index (Phi) is 3.68. The van der Waals surface area contributed by atoms with Gasteiger partial charge in [0.1, 0.15) is 9.71 Å². The molecule has 0 aliphatic carbocycles. The molecule has 0 fully saturated rings. The van der Waals surface area contributed by atoms with Crippen molar-refractivity contribution in [1.82, 2.24) is 15.5 Å². The first kappa shape index (κ1) is 13.5. The first-order valence-electron chi connectivity index (χ1n) is 5.66. The van der Waals surface area contributed by atoms with Crippen LogP contribution in [0, 0.1) is 0 Å². The van der Waals surface area contributed by atoms with Crippen LogP contribution in [0.3, 0.4) is 0 Å². The van der Waals surface area contributed by atoms with Gasteiger partial charge >= 0.3 is 0 Å². The molecule has 3 N–H and O–H groups in total. The fraction of sp³-hybridized carbons (Fsp3) is 0.0833. The van der Waals surface area contributed by atoms with Gasteiger partial charge in [-0.15, -0.1) is 27.8 Å². The number of carbonyl (C=O) groups excluding carboxylic acids is 1. The van der Waals surface area contributed by atoms with E-state index in [2.05, 4.69) is 31.4 Å². The summed E-state index contributed by atoms with van der Waals surface area (Å²) in [6, 6.07) is 3.72. The molecular weight excluding hydrogens is 360 g/mol. The fourth-order valence-electron chi connectivity index (χ4n) is 1.73. The van der Waals surface area contributed by atoms with E-state index in [-0.39, 0.29) is 5.91 Å². The summed E-state index contributed by atoms with van der Waals surface area (Å²) in [5.74, 6) is -0.189. The van der Waals surface area contributed by atoms with Crippen LogP contribution in [0.15, 0.2) is 28.2 Å². The number of rotatable bonds is 3. The Morgan fingerprint density at radius 1 is 1.45 bits per heavy atom. The van der Waals surface area contributed by atoms with Crippen LogP contribution in [-0.4, -0.2) is 16.1 Å². The molecule has 0 aliphatic rings. The zero-order valence-corrected chi connectivity index (χ0v) is 13.3. The highest BCUT2D eigenvalue weighted by molar-refractivity contribution is 9.10. The molecule has 3 heterocycles. The van der Waals surface area contributed by atoms with Gasteiger partial charge in [-0.25, -0.2) is 0 Å². The van der Waals surface area contributed by atoms with Gasteiger partial charge in [0.25, 0.3) is 5.91 Å². The molecule has 0 spiro atoms. The number of anilines is 1. The monoisotopic (exact) mass is 368 g/mol. The van der Waals surface area contributed by atoms with Crippen LogP contribution in [-0.2, 0) is 6.54 Å². The normalized spacial score (nSPS) is 10.8. The van der Waals surface area contributed by atoms with E-state index >= 15 is 0 Å². The van der Waals surface area contributed by atoms with Crippen LogP contribution in [0.2, 0.25) is 0 Å². The second kappa shape index (κ2) is 5.47. The Morgan fingerprint density at radius 3 is 3.00 bits per heavy atom. The molecule has 20 heavy (non-hydrogen) atoms. The maximum absolute atomic E-state index is 12.2. The molecule has 0 aliphatic heterocycles. The zero-order valence-electron chi connectivity index (χ0n) is 10.1.